The van der Waals surface area contributed by atoms with Crippen LogP contribution in [0, 0.1) is 5.41 Å². The van der Waals surface area contributed by atoms with Gasteiger partial charge in [0.05, 0.1) is 0 Å². The van der Waals surface area contributed by atoms with E-state index in [9.17, 15) is 0 Å². The second-order valence-electron chi connectivity index (χ2n) is 5.32. The van der Waals surface area contributed by atoms with Crippen molar-refractivity contribution in [3.05, 3.63) is 0 Å². The predicted molar refractivity (Wildman–Crippen MR) is 55.6 cm³/mol. The molecule has 0 spiro atoms. The zero-order valence-electron chi connectivity index (χ0n) is 8.97. The Kier molecular flexibility index (Phi) is 2.16. The number of hydrogen-bond acceptors (Lipinski definition) is 2. The van der Waals surface area contributed by atoms with Gasteiger partial charge < -0.3 is 10.6 Å². The lowest BCUT2D eigenvalue weighted by atomic mass is 9.57. The summed E-state index contributed by atoms with van der Waals surface area (Å²) < 4.78 is 0. The molecule has 3 fully saturated rings. The van der Waals surface area contributed by atoms with Crippen LogP contribution >= 0.6 is 0 Å². The minimum absolute atomic E-state index is 0.539. The smallest absolute Gasteiger partial charge is 0.0204 e. The summed E-state index contributed by atoms with van der Waals surface area (Å²) in [5.41, 5.74) is 6.96. The lowest BCUT2D eigenvalue weighted by Crippen LogP contribution is -2.55. The minimum atomic E-state index is 0.539. The maximum Gasteiger partial charge on any atom is 0.0204 e. The predicted octanol–water partition coefficient (Wildman–Crippen LogP) is 1.60. The van der Waals surface area contributed by atoms with Crippen molar-refractivity contribution < 1.29 is 0 Å². The summed E-state index contributed by atoms with van der Waals surface area (Å²) in [7, 11) is 4.47. The molecule has 2 nitrogen and oxygen atoms in total. The number of nitrogens with zero attached hydrogens (tertiary/aromatic N) is 1. The molecule has 76 valence electrons. The Morgan fingerprint density at radius 1 is 1.00 bits per heavy atom. The monoisotopic (exact) mass is 182 g/mol. The van der Waals surface area contributed by atoms with E-state index in [1.165, 1.54) is 38.5 Å². The number of fused-ring (bicyclic) bond motifs is 3. The zero-order valence-corrected chi connectivity index (χ0v) is 8.97. The molecule has 3 aliphatic rings. The third-order valence-electron chi connectivity index (χ3n) is 4.74. The molecule has 13 heavy (non-hydrogen) atoms. The number of hydrogen-bond donors (Lipinski definition) is 1. The lowest BCUT2D eigenvalue weighted by Gasteiger charge is -2.56. The average molecular weight is 182 g/mol. The first kappa shape index (κ1) is 9.47. The maximum absolute atomic E-state index is 5.88. The molecule has 0 unspecified atom stereocenters. The Morgan fingerprint density at radius 2 is 1.46 bits per heavy atom. The highest BCUT2D eigenvalue weighted by Crippen LogP contribution is 2.53. The fourth-order valence-electron chi connectivity index (χ4n) is 3.22. The van der Waals surface area contributed by atoms with Crippen LogP contribution in [0.4, 0.5) is 0 Å². The summed E-state index contributed by atoms with van der Waals surface area (Å²) in [6, 6.07) is 0. The van der Waals surface area contributed by atoms with E-state index in [1.54, 1.807) is 0 Å². The van der Waals surface area contributed by atoms with Gasteiger partial charge >= 0.3 is 0 Å². The number of nitrogens with two attached hydrogens (primary N) is 1. The van der Waals surface area contributed by atoms with E-state index < -0.39 is 0 Å². The molecule has 0 amide bonds. The molecule has 3 rings (SSSR count). The van der Waals surface area contributed by atoms with Crippen molar-refractivity contribution in [3.8, 4) is 0 Å². The molecular weight excluding hydrogens is 160 g/mol. The van der Waals surface area contributed by atoms with E-state index in [4.69, 9.17) is 5.73 Å². The maximum atomic E-state index is 5.88. The average Bonchev–Trinajstić information content (AvgIpc) is 2.20. The highest BCUT2D eigenvalue weighted by atomic mass is 15.1. The molecule has 0 aromatic rings. The first-order valence-corrected chi connectivity index (χ1v) is 5.50. The summed E-state index contributed by atoms with van der Waals surface area (Å²) in [4.78, 5) is 2.45. The fraction of sp³-hybridized carbons (Fsp3) is 1.00. The van der Waals surface area contributed by atoms with Crippen molar-refractivity contribution in [1.82, 2.24) is 4.90 Å². The Morgan fingerprint density at radius 3 is 1.77 bits per heavy atom. The van der Waals surface area contributed by atoms with Crippen molar-refractivity contribution in [1.29, 1.82) is 0 Å². The first-order valence-electron chi connectivity index (χ1n) is 5.50. The Hall–Kier alpha value is -0.0800. The molecule has 2 heteroatoms. The third kappa shape index (κ3) is 1.31. The molecule has 2 N–H and O–H groups in total. The van der Waals surface area contributed by atoms with E-state index in [0.717, 1.165) is 6.54 Å². The van der Waals surface area contributed by atoms with Gasteiger partial charge in [-0.3, -0.25) is 0 Å². The molecular formula is C11H22N2. The van der Waals surface area contributed by atoms with Gasteiger partial charge in [-0.2, -0.15) is 0 Å². The van der Waals surface area contributed by atoms with Gasteiger partial charge in [-0.15, -0.1) is 0 Å². The van der Waals surface area contributed by atoms with Crippen LogP contribution in [-0.2, 0) is 0 Å². The minimum Gasteiger partial charge on any atom is -0.330 e. The van der Waals surface area contributed by atoms with Crippen LogP contribution in [0.2, 0.25) is 0 Å². The molecule has 0 saturated heterocycles. The molecule has 0 aliphatic heterocycles. The summed E-state index contributed by atoms with van der Waals surface area (Å²) in [6.45, 7) is 0.913. The van der Waals surface area contributed by atoms with Gasteiger partial charge in [-0.1, -0.05) is 0 Å². The van der Waals surface area contributed by atoms with Crippen molar-refractivity contribution in [3.63, 3.8) is 0 Å². The van der Waals surface area contributed by atoms with Crippen LogP contribution in [0.5, 0.6) is 0 Å². The standard InChI is InChI=1S/C11H22N2/c1-13(2)11-6-3-10(9-12,4-7-11)5-8-11/h3-9,12H2,1-2H3. The normalized spacial score (nSPS) is 44.3. The molecule has 0 radical (unpaired) electrons. The van der Waals surface area contributed by atoms with Crippen molar-refractivity contribution in [2.45, 2.75) is 44.1 Å². The lowest BCUT2D eigenvalue weighted by molar-refractivity contribution is -0.0276. The highest BCUT2D eigenvalue weighted by Gasteiger charge is 2.48. The van der Waals surface area contributed by atoms with E-state index >= 15 is 0 Å². The first-order chi connectivity index (χ1) is 6.13. The Balaban J connectivity index is 2.11. The highest BCUT2D eigenvalue weighted by molar-refractivity contribution is 5.04. The van der Waals surface area contributed by atoms with Gasteiger partial charge in [-0.25, -0.2) is 0 Å². The van der Waals surface area contributed by atoms with Gasteiger partial charge in [0.1, 0.15) is 0 Å². The second kappa shape index (κ2) is 2.96. The van der Waals surface area contributed by atoms with Gasteiger partial charge in [0.15, 0.2) is 0 Å². The van der Waals surface area contributed by atoms with Crippen LogP contribution in [0.3, 0.4) is 0 Å². The van der Waals surface area contributed by atoms with E-state index in [-0.39, 0.29) is 0 Å². The van der Waals surface area contributed by atoms with E-state index in [2.05, 4.69) is 19.0 Å². The molecule has 0 heterocycles. The van der Waals surface area contributed by atoms with Gasteiger partial charge in [0.25, 0.3) is 0 Å². The topological polar surface area (TPSA) is 29.3 Å². The number of rotatable bonds is 2. The summed E-state index contributed by atoms with van der Waals surface area (Å²) >= 11 is 0. The molecule has 0 aromatic heterocycles. The van der Waals surface area contributed by atoms with Crippen LogP contribution in [0.1, 0.15) is 38.5 Å². The second-order valence-corrected chi connectivity index (χ2v) is 5.32. The van der Waals surface area contributed by atoms with E-state index in [1.807, 2.05) is 0 Å². The largest absolute Gasteiger partial charge is 0.330 e. The van der Waals surface area contributed by atoms with Gasteiger partial charge in [0.2, 0.25) is 0 Å². The molecule has 3 aliphatic carbocycles. The fourth-order valence-corrected chi connectivity index (χ4v) is 3.22. The van der Waals surface area contributed by atoms with Gasteiger partial charge in [0, 0.05) is 5.54 Å². The van der Waals surface area contributed by atoms with E-state index in [0.29, 0.717) is 11.0 Å². The van der Waals surface area contributed by atoms with Gasteiger partial charge in [-0.05, 0) is 64.6 Å². The SMILES string of the molecule is CN(C)C12CCC(CN)(CC1)CC2. The van der Waals surface area contributed by atoms with Crippen LogP contribution in [-0.4, -0.2) is 31.1 Å². The van der Waals surface area contributed by atoms with Crippen LogP contribution < -0.4 is 5.73 Å². The zero-order chi connectivity index (χ0) is 9.53. The Labute approximate surface area is 81.5 Å². The quantitative estimate of drug-likeness (QED) is 0.703. The molecule has 2 bridgehead atoms. The van der Waals surface area contributed by atoms with Crippen molar-refractivity contribution >= 4 is 0 Å². The summed E-state index contributed by atoms with van der Waals surface area (Å²) in [6.07, 6.45) is 8.20. The third-order valence-corrected chi connectivity index (χ3v) is 4.74. The molecule has 0 aromatic carbocycles. The van der Waals surface area contributed by atoms with Crippen LogP contribution in [0.15, 0.2) is 0 Å². The molecule has 3 saturated carbocycles. The summed E-state index contributed by atoms with van der Waals surface area (Å²) in [5, 5.41) is 0. The van der Waals surface area contributed by atoms with Crippen molar-refractivity contribution in [2.75, 3.05) is 20.6 Å². The van der Waals surface area contributed by atoms with Crippen molar-refractivity contribution in [2.24, 2.45) is 11.1 Å². The summed E-state index contributed by atoms with van der Waals surface area (Å²) in [5.74, 6) is 0. The molecule has 0 atom stereocenters. The Bertz CT molecular complexity index is 174. The van der Waals surface area contributed by atoms with Crippen LogP contribution in [0.25, 0.3) is 0 Å².